The van der Waals surface area contributed by atoms with Gasteiger partial charge in [-0.2, -0.15) is 5.10 Å². The van der Waals surface area contributed by atoms with Crippen molar-refractivity contribution in [2.75, 3.05) is 19.5 Å². The number of carbonyl (C=O) groups excluding carboxylic acids is 2. The zero-order valence-electron chi connectivity index (χ0n) is 19.8. The molecule has 2 aliphatic heterocycles. The highest BCUT2D eigenvalue weighted by atomic mass is 32.2. The van der Waals surface area contributed by atoms with Gasteiger partial charge in [0.1, 0.15) is 11.4 Å². The Hall–Kier alpha value is -3.50. The summed E-state index contributed by atoms with van der Waals surface area (Å²) in [5.41, 5.74) is 0.767. The Labute approximate surface area is 211 Å². The van der Waals surface area contributed by atoms with Crippen molar-refractivity contribution >= 4 is 28.8 Å². The molecule has 2 aromatic carbocycles. The van der Waals surface area contributed by atoms with Gasteiger partial charge in [-0.25, -0.2) is 14.2 Å². The van der Waals surface area contributed by atoms with E-state index in [1.54, 1.807) is 35.1 Å². The molecule has 1 fully saturated rings. The molecule has 0 spiro atoms. The minimum absolute atomic E-state index is 0.0735. The van der Waals surface area contributed by atoms with Gasteiger partial charge in [0, 0.05) is 41.6 Å². The van der Waals surface area contributed by atoms with Gasteiger partial charge in [0.15, 0.2) is 5.17 Å². The summed E-state index contributed by atoms with van der Waals surface area (Å²) in [6.45, 7) is 0.0735. The molecule has 0 aliphatic carbocycles. The molecular weight excluding hydrogens is 483 g/mol. The molecule has 3 atom stereocenters. The number of nitrogens with zero attached hydrogens (tertiary/aromatic N) is 3. The lowest BCUT2D eigenvalue weighted by Gasteiger charge is -2.46. The largest absolute Gasteiger partial charge is 0.465 e. The lowest BCUT2D eigenvalue weighted by Crippen LogP contribution is -2.49. The van der Waals surface area contributed by atoms with Gasteiger partial charge in [-0.15, -0.1) is 0 Å². The Balaban J connectivity index is 1.54. The van der Waals surface area contributed by atoms with E-state index in [-0.39, 0.29) is 35.7 Å². The van der Waals surface area contributed by atoms with Gasteiger partial charge in [-0.3, -0.25) is 9.48 Å². The number of aromatic nitrogens is 2. The highest BCUT2D eigenvalue weighted by molar-refractivity contribution is 8.13. The number of thioether (sulfide) groups is 1. The summed E-state index contributed by atoms with van der Waals surface area (Å²) in [5.74, 6) is -0.914. The fourth-order valence-electron chi connectivity index (χ4n) is 4.71. The van der Waals surface area contributed by atoms with Crippen LogP contribution in [-0.2, 0) is 22.1 Å². The zero-order valence-corrected chi connectivity index (χ0v) is 20.6. The van der Waals surface area contributed by atoms with E-state index in [0.717, 1.165) is 5.56 Å². The molecule has 0 bridgehead atoms. The number of hydrogen-bond donors (Lipinski definition) is 1. The highest BCUT2D eigenvalue weighted by Gasteiger charge is 2.50. The second-order valence-electron chi connectivity index (χ2n) is 8.84. The molecule has 1 amide bonds. The Morgan fingerprint density at radius 3 is 2.75 bits per heavy atom. The van der Waals surface area contributed by atoms with E-state index < -0.39 is 17.3 Å². The van der Waals surface area contributed by atoms with Crippen LogP contribution in [0, 0.1) is 11.7 Å². The van der Waals surface area contributed by atoms with Crippen molar-refractivity contribution in [2.45, 2.75) is 18.1 Å². The predicted octanol–water partition coefficient (Wildman–Crippen LogP) is 3.85. The number of halogens is 1. The van der Waals surface area contributed by atoms with Crippen LogP contribution in [0.25, 0.3) is 0 Å². The molecule has 0 unspecified atom stereocenters. The first kappa shape index (κ1) is 24.2. The Morgan fingerprint density at radius 1 is 1.22 bits per heavy atom. The van der Waals surface area contributed by atoms with E-state index >= 15 is 4.39 Å². The molecule has 3 heterocycles. The SMILES string of the molecule is COC(=O)c1ccc(F)c([C@]23CO[C@@H](c4cnn(C)c4)C[C@H]2CSC(NC(=O)c2ccccc2)=N3)c1. The van der Waals surface area contributed by atoms with Crippen molar-refractivity contribution in [2.24, 2.45) is 18.0 Å². The first-order valence-corrected chi connectivity index (χ1v) is 12.5. The van der Waals surface area contributed by atoms with Crippen LogP contribution in [0.5, 0.6) is 0 Å². The second kappa shape index (κ2) is 9.87. The topological polar surface area (TPSA) is 94.8 Å². The van der Waals surface area contributed by atoms with Gasteiger partial charge in [0.2, 0.25) is 0 Å². The van der Waals surface area contributed by atoms with Crippen molar-refractivity contribution in [3.63, 3.8) is 0 Å². The Kier molecular flexibility index (Phi) is 6.63. The van der Waals surface area contributed by atoms with Gasteiger partial charge in [0.05, 0.1) is 31.6 Å². The number of benzene rings is 2. The summed E-state index contributed by atoms with van der Waals surface area (Å²) in [7, 11) is 3.12. The van der Waals surface area contributed by atoms with Gasteiger partial charge in [0.25, 0.3) is 5.91 Å². The molecule has 36 heavy (non-hydrogen) atoms. The quantitative estimate of drug-likeness (QED) is 0.538. The molecule has 10 heteroatoms. The molecule has 1 N–H and O–H groups in total. The van der Waals surface area contributed by atoms with E-state index in [9.17, 15) is 9.59 Å². The van der Waals surface area contributed by atoms with Crippen molar-refractivity contribution < 1.29 is 23.5 Å². The molecule has 2 aliphatic rings. The number of rotatable bonds is 4. The van der Waals surface area contributed by atoms with Crippen LogP contribution >= 0.6 is 11.8 Å². The molecule has 3 aromatic rings. The zero-order chi connectivity index (χ0) is 25.3. The van der Waals surface area contributed by atoms with E-state index in [1.165, 1.54) is 37.1 Å². The second-order valence-corrected chi connectivity index (χ2v) is 9.85. The molecule has 0 saturated carbocycles. The molecule has 1 aromatic heterocycles. The van der Waals surface area contributed by atoms with Crippen LogP contribution in [0.15, 0.2) is 65.9 Å². The number of aliphatic imine (C=N–C) groups is 1. The van der Waals surface area contributed by atoms with Crippen LogP contribution in [-0.4, -0.2) is 46.3 Å². The third kappa shape index (κ3) is 4.54. The van der Waals surface area contributed by atoms with Crippen molar-refractivity contribution in [1.82, 2.24) is 15.1 Å². The highest BCUT2D eigenvalue weighted by Crippen LogP contribution is 2.50. The number of carbonyl (C=O) groups is 2. The molecule has 5 rings (SSSR count). The fraction of sp³-hybridized carbons (Fsp3) is 0.308. The number of esters is 1. The molecule has 1 saturated heterocycles. The lowest BCUT2D eigenvalue weighted by atomic mass is 9.74. The van der Waals surface area contributed by atoms with Gasteiger partial charge < -0.3 is 14.8 Å². The molecule has 0 radical (unpaired) electrons. The van der Waals surface area contributed by atoms with Crippen LogP contribution in [0.1, 0.15) is 44.4 Å². The van der Waals surface area contributed by atoms with Crippen molar-refractivity contribution in [3.05, 3.63) is 89.0 Å². The standard InChI is InChI=1S/C26H25FN4O4S/c1-31-13-18(12-28-31)22-11-19-14-36-25(29-23(32)16-6-4-3-5-7-16)30-26(19,15-35-22)20-10-17(24(33)34-2)8-9-21(20)27/h3-10,12-13,19,22H,11,14-15H2,1-2H3,(H,29,30,32)/t19-,22+,26-/m0/s1. The molecule has 8 nitrogen and oxygen atoms in total. The average molecular weight is 509 g/mol. The Bertz CT molecular complexity index is 1330. The molecular formula is C26H25FN4O4S. The number of fused-ring (bicyclic) bond motifs is 1. The first-order chi connectivity index (χ1) is 17.4. The number of aryl methyl sites for hydroxylation is 1. The minimum atomic E-state index is -1.13. The summed E-state index contributed by atoms with van der Waals surface area (Å²) in [6, 6.07) is 12.9. The summed E-state index contributed by atoms with van der Waals surface area (Å²) in [6.07, 6.45) is 4.02. The van der Waals surface area contributed by atoms with Crippen LogP contribution < -0.4 is 5.32 Å². The van der Waals surface area contributed by atoms with Crippen LogP contribution in [0.2, 0.25) is 0 Å². The third-order valence-electron chi connectivity index (χ3n) is 6.61. The van der Waals surface area contributed by atoms with Gasteiger partial charge in [-0.1, -0.05) is 30.0 Å². The van der Waals surface area contributed by atoms with Crippen molar-refractivity contribution in [1.29, 1.82) is 0 Å². The summed E-state index contributed by atoms with van der Waals surface area (Å²) < 4.78 is 28.2. The van der Waals surface area contributed by atoms with E-state index in [1.807, 2.05) is 19.3 Å². The smallest absolute Gasteiger partial charge is 0.337 e. The summed E-state index contributed by atoms with van der Waals surface area (Å²) in [4.78, 5) is 30.0. The fourth-order valence-corrected chi connectivity index (χ4v) is 5.87. The molecule has 186 valence electrons. The number of methoxy groups -OCH3 is 1. The first-order valence-electron chi connectivity index (χ1n) is 11.5. The maximum atomic E-state index is 15.4. The lowest BCUT2D eigenvalue weighted by molar-refractivity contribution is -0.0588. The third-order valence-corrected chi connectivity index (χ3v) is 7.64. The van der Waals surface area contributed by atoms with E-state index in [4.69, 9.17) is 14.5 Å². The van der Waals surface area contributed by atoms with Crippen LogP contribution in [0.3, 0.4) is 0 Å². The monoisotopic (exact) mass is 508 g/mol. The van der Waals surface area contributed by atoms with E-state index in [0.29, 0.717) is 22.9 Å². The summed E-state index contributed by atoms with van der Waals surface area (Å²) >= 11 is 1.42. The number of amides is 1. The van der Waals surface area contributed by atoms with Gasteiger partial charge in [-0.05, 0) is 36.8 Å². The maximum absolute atomic E-state index is 15.4. The van der Waals surface area contributed by atoms with E-state index in [2.05, 4.69) is 10.4 Å². The number of nitrogens with one attached hydrogen (secondary N) is 1. The van der Waals surface area contributed by atoms with Crippen molar-refractivity contribution in [3.8, 4) is 0 Å². The summed E-state index contributed by atoms with van der Waals surface area (Å²) in [5, 5.41) is 7.49. The average Bonchev–Trinajstić information content (AvgIpc) is 3.34. The van der Waals surface area contributed by atoms with Gasteiger partial charge >= 0.3 is 5.97 Å². The minimum Gasteiger partial charge on any atom is -0.465 e. The number of amidine groups is 1. The number of hydrogen-bond acceptors (Lipinski definition) is 7. The van der Waals surface area contributed by atoms with Crippen LogP contribution in [0.4, 0.5) is 4.39 Å². The Morgan fingerprint density at radius 2 is 2.03 bits per heavy atom. The normalized spacial score (nSPS) is 23.4. The number of ether oxygens (including phenoxy) is 2. The predicted molar refractivity (Wildman–Crippen MR) is 133 cm³/mol. The maximum Gasteiger partial charge on any atom is 0.337 e.